The van der Waals surface area contributed by atoms with Crippen LogP contribution in [0.4, 0.5) is 5.82 Å². The summed E-state index contributed by atoms with van der Waals surface area (Å²) in [6.07, 6.45) is 3.37. The maximum atomic E-state index is 4.34. The molecule has 3 aromatic rings. The van der Waals surface area contributed by atoms with E-state index in [0.717, 1.165) is 23.4 Å². The lowest BCUT2D eigenvalue weighted by atomic mass is 10.1. The van der Waals surface area contributed by atoms with E-state index >= 15 is 0 Å². The summed E-state index contributed by atoms with van der Waals surface area (Å²) >= 11 is 1.72. The molecular formula is C14H18N6S. The second-order valence-electron chi connectivity index (χ2n) is 5.14. The molecule has 0 amide bonds. The number of rotatable bonds is 5. The molecule has 0 aliphatic heterocycles. The predicted octanol–water partition coefficient (Wildman–Crippen LogP) is 2.14. The van der Waals surface area contributed by atoms with Crippen LogP contribution in [-0.2, 0) is 7.05 Å². The van der Waals surface area contributed by atoms with Crippen molar-refractivity contribution in [2.24, 2.45) is 7.05 Å². The molecule has 1 N–H and O–H groups in total. The number of hydrogen-bond acceptors (Lipinski definition) is 6. The average Bonchev–Trinajstić information content (AvgIpc) is 3.10. The van der Waals surface area contributed by atoms with Gasteiger partial charge in [0.2, 0.25) is 0 Å². The number of anilines is 1. The highest BCUT2D eigenvalue weighted by molar-refractivity contribution is 7.07. The van der Waals surface area contributed by atoms with Crippen molar-refractivity contribution >= 4 is 28.2 Å². The normalized spacial score (nSPS) is 13.0. The van der Waals surface area contributed by atoms with E-state index in [4.69, 9.17) is 0 Å². The molecule has 3 heterocycles. The van der Waals surface area contributed by atoms with Crippen LogP contribution in [0.5, 0.6) is 0 Å². The Hall–Kier alpha value is -1.99. The smallest absolute Gasteiger partial charge is 0.163 e. The summed E-state index contributed by atoms with van der Waals surface area (Å²) in [5.41, 5.74) is 2.15. The molecule has 0 saturated heterocycles. The molecule has 0 radical (unpaired) electrons. The van der Waals surface area contributed by atoms with E-state index in [2.05, 4.69) is 56.2 Å². The van der Waals surface area contributed by atoms with Crippen LogP contribution in [0.15, 0.2) is 29.4 Å². The average molecular weight is 302 g/mol. The zero-order valence-electron chi connectivity index (χ0n) is 12.3. The van der Waals surface area contributed by atoms with Crippen LogP contribution in [0.1, 0.15) is 11.6 Å². The first kappa shape index (κ1) is 14.0. The van der Waals surface area contributed by atoms with E-state index in [-0.39, 0.29) is 0 Å². The van der Waals surface area contributed by atoms with Crippen molar-refractivity contribution in [3.05, 3.63) is 34.9 Å². The first-order valence-corrected chi connectivity index (χ1v) is 7.66. The molecule has 0 bridgehead atoms. The molecule has 6 nitrogen and oxygen atoms in total. The SMILES string of the molecule is CN(C)[C@H](CNc1ncnc2c1cnn2C)c1ccsc1. The van der Waals surface area contributed by atoms with E-state index in [9.17, 15) is 0 Å². The van der Waals surface area contributed by atoms with Crippen LogP contribution in [0, 0.1) is 0 Å². The molecule has 0 unspecified atom stereocenters. The third-order valence-corrected chi connectivity index (χ3v) is 4.25. The maximum Gasteiger partial charge on any atom is 0.163 e. The number of likely N-dealkylation sites (N-methyl/N-ethyl adjacent to an activating group) is 1. The molecule has 3 aromatic heterocycles. The molecule has 0 fully saturated rings. The molecule has 0 aliphatic rings. The quantitative estimate of drug-likeness (QED) is 0.782. The Labute approximate surface area is 127 Å². The van der Waals surface area contributed by atoms with E-state index in [0.29, 0.717) is 6.04 Å². The highest BCUT2D eigenvalue weighted by atomic mass is 32.1. The fourth-order valence-electron chi connectivity index (χ4n) is 2.36. The summed E-state index contributed by atoms with van der Waals surface area (Å²) in [6, 6.07) is 2.47. The molecule has 0 aliphatic carbocycles. The fourth-order valence-corrected chi connectivity index (χ4v) is 3.07. The predicted molar refractivity (Wildman–Crippen MR) is 85.5 cm³/mol. The molecule has 110 valence electrons. The van der Waals surface area contributed by atoms with Crippen molar-refractivity contribution in [2.75, 3.05) is 26.0 Å². The van der Waals surface area contributed by atoms with Crippen LogP contribution in [-0.4, -0.2) is 45.3 Å². The Balaban J connectivity index is 1.82. The third-order valence-electron chi connectivity index (χ3n) is 3.54. The Morgan fingerprint density at radius 3 is 2.95 bits per heavy atom. The van der Waals surface area contributed by atoms with Crippen molar-refractivity contribution in [3.8, 4) is 0 Å². The van der Waals surface area contributed by atoms with Crippen LogP contribution in [0.25, 0.3) is 11.0 Å². The van der Waals surface area contributed by atoms with Crippen molar-refractivity contribution in [1.82, 2.24) is 24.6 Å². The summed E-state index contributed by atoms with van der Waals surface area (Å²) in [7, 11) is 6.06. The van der Waals surface area contributed by atoms with Gasteiger partial charge in [-0.05, 0) is 36.5 Å². The standard InChI is InChI=1S/C14H18N6S/c1-19(2)12(10-4-5-21-8-10)7-15-13-11-6-18-20(3)14(11)17-9-16-13/h4-6,8-9,12H,7H2,1-3H3,(H,15,16,17)/t12-/m1/s1. The van der Waals surface area contributed by atoms with Crippen LogP contribution < -0.4 is 5.32 Å². The Bertz CT molecular complexity index is 718. The topological polar surface area (TPSA) is 58.9 Å². The minimum absolute atomic E-state index is 0.304. The molecule has 0 saturated carbocycles. The second-order valence-corrected chi connectivity index (χ2v) is 5.92. The van der Waals surface area contributed by atoms with Crippen LogP contribution >= 0.6 is 11.3 Å². The van der Waals surface area contributed by atoms with Crippen LogP contribution in [0.3, 0.4) is 0 Å². The van der Waals surface area contributed by atoms with E-state index in [1.165, 1.54) is 5.56 Å². The van der Waals surface area contributed by atoms with Crippen molar-refractivity contribution in [1.29, 1.82) is 0 Å². The largest absolute Gasteiger partial charge is 0.367 e. The van der Waals surface area contributed by atoms with Gasteiger partial charge in [0, 0.05) is 13.6 Å². The number of thiophene rings is 1. The Morgan fingerprint density at radius 1 is 1.38 bits per heavy atom. The first-order valence-electron chi connectivity index (χ1n) is 6.72. The summed E-state index contributed by atoms with van der Waals surface area (Å²) in [4.78, 5) is 10.8. The molecule has 1 atom stereocenters. The summed E-state index contributed by atoms with van der Waals surface area (Å²) in [5.74, 6) is 0.829. The molecule has 0 spiro atoms. The highest BCUT2D eigenvalue weighted by Crippen LogP contribution is 2.23. The summed E-state index contributed by atoms with van der Waals surface area (Å²) < 4.78 is 1.75. The number of fused-ring (bicyclic) bond motifs is 1. The van der Waals surface area contributed by atoms with Gasteiger partial charge in [-0.2, -0.15) is 16.4 Å². The zero-order chi connectivity index (χ0) is 14.8. The highest BCUT2D eigenvalue weighted by Gasteiger charge is 2.15. The van der Waals surface area contributed by atoms with Crippen molar-refractivity contribution in [2.45, 2.75) is 6.04 Å². The van der Waals surface area contributed by atoms with Gasteiger partial charge in [-0.15, -0.1) is 0 Å². The lowest BCUT2D eigenvalue weighted by Gasteiger charge is -2.24. The van der Waals surface area contributed by atoms with Gasteiger partial charge in [-0.1, -0.05) is 0 Å². The maximum absolute atomic E-state index is 4.34. The fraction of sp³-hybridized carbons (Fsp3) is 0.357. The lowest BCUT2D eigenvalue weighted by molar-refractivity contribution is 0.312. The van der Waals surface area contributed by atoms with Gasteiger partial charge in [0.25, 0.3) is 0 Å². The number of aryl methyl sites for hydroxylation is 1. The van der Waals surface area contributed by atoms with Gasteiger partial charge in [-0.3, -0.25) is 4.68 Å². The second kappa shape index (κ2) is 5.79. The molecule has 0 aromatic carbocycles. The number of aromatic nitrogens is 4. The Morgan fingerprint density at radius 2 is 2.24 bits per heavy atom. The third kappa shape index (κ3) is 2.74. The minimum Gasteiger partial charge on any atom is -0.367 e. The summed E-state index contributed by atoms with van der Waals surface area (Å²) in [6.45, 7) is 0.782. The minimum atomic E-state index is 0.304. The lowest BCUT2D eigenvalue weighted by Crippen LogP contribution is -2.26. The van der Waals surface area contributed by atoms with Gasteiger partial charge in [0.1, 0.15) is 12.1 Å². The van der Waals surface area contributed by atoms with Gasteiger partial charge < -0.3 is 10.2 Å². The zero-order valence-corrected chi connectivity index (χ0v) is 13.1. The van der Waals surface area contributed by atoms with E-state index < -0.39 is 0 Å². The van der Waals surface area contributed by atoms with Crippen LogP contribution in [0.2, 0.25) is 0 Å². The number of nitrogens with one attached hydrogen (secondary N) is 1. The summed E-state index contributed by atoms with van der Waals surface area (Å²) in [5, 5.41) is 12.9. The van der Waals surface area contributed by atoms with Gasteiger partial charge in [0.15, 0.2) is 5.65 Å². The number of nitrogens with zero attached hydrogens (tertiary/aromatic N) is 5. The van der Waals surface area contributed by atoms with E-state index in [1.54, 1.807) is 28.5 Å². The molecule has 7 heteroatoms. The van der Waals surface area contributed by atoms with E-state index in [1.807, 2.05) is 7.05 Å². The monoisotopic (exact) mass is 302 g/mol. The Kier molecular flexibility index (Phi) is 3.85. The van der Waals surface area contributed by atoms with Gasteiger partial charge >= 0.3 is 0 Å². The molecule has 3 rings (SSSR count). The first-order chi connectivity index (χ1) is 10.2. The molecular weight excluding hydrogens is 284 g/mol. The van der Waals surface area contributed by atoms with Gasteiger partial charge in [0.05, 0.1) is 17.6 Å². The van der Waals surface area contributed by atoms with Gasteiger partial charge in [-0.25, -0.2) is 9.97 Å². The van der Waals surface area contributed by atoms with Crippen molar-refractivity contribution in [3.63, 3.8) is 0 Å². The molecule has 21 heavy (non-hydrogen) atoms. The number of hydrogen-bond donors (Lipinski definition) is 1. The van der Waals surface area contributed by atoms with Crippen molar-refractivity contribution < 1.29 is 0 Å².